The Morgan fingerprint density at radius 3 is 2.78 bits per heavy atom. The predicted molar refractivity (Wildman–Crippen MR) is 81.4 cm³/mol. The van der Waals surface area contributed by atoms with E-state index in [1.807, 2.05) is 7.05 Å². The Bertz CT molecular complexity index is 704. The Balaban J connectivity index is 2.02. The van der Waals surface area contributed by atoms with Gasteiger partial charge in [0.1, 0.15) is 6.10 Å². The number of likely N-dealkylation sites (N-methyl/N-ethyl adjacent to an activating group) is 1. The molecule has 23 heavy (non-hydrogen) atoms. The number of hydrogen-bond donors (Lipinski definition) is 4. The molecule has 6 nitrogen and oxygen atoms in total. The monoisotopic (exact) mass is 319 g/mol. The lowest BCUT2D eigenvalue weighted by atomic mass is 9.49. The summed E-state index contributed by atoms with van der Waals surface area (Å²) in [5.41, 5.74) is -0.905. The lowest BCUT2D eigenvalue weighted by molar-refractivity contribution is -0.186. The molecule has 1 aliphatic heterocycles. The van der Waals surface area contributed by atoms with E-state index in [0.29, 0.717) is 24.9 Å². The first kappa shape index (κ1) is 14.9. The van der Waals surface area contributed by atoms with Gasteiger partial charge in [-0.15, -0.1) is 0 Å². The van der Waals surface area contributed by atoms with E-state index in [4.69, 9.17) is 0 Å². The molecule has 1 aromatic carbocycles. The Labute approximate surface area is 134 Å². The SMILES string of the molecule is CN1CCC23CC(=O)C(O)CC2(O)C1Cc1ccc(O)c(O)c13. The highest BCUT2D eigenvalue weighted by atomic mass is 16.3. The number of hydrogen-bond acceptors (Lipinski definition) is 6. The van der Waals surface area contributed by atoms with Crippen LogP contribution in [0.2, 0.25) is 0 Å². The number of aromatic hydroxyl groups is 2. The zero-order chi connectivity index (χ0) is 16.6. The molecule has 0 amide bonds. The van der Waals surface area contributed by atoms with Crippen molar-refractivity contribution < 1.29 is 25.2 Å². The summed E-state index contributed by atoms with van der Waals surface area (Å²) >= 11 is 0. The second kappa shape index (κ2) is 4.47. The van der Waals surface area contributed by atoms with Crippen LogP contribution in [0, 0.1) is 0 Å². The molecule has 1 heterocycles. The van der Waals surface area contributed by atoms with Gasteiger partial charge in [0, 0.05) is 29.9 Å². The van der Waals surface area contributed by atoms with Crippen LogP contribution in [0.4, 0.5) is 0 Å². The standard InChI is InChI=1S/C17H21NO5/c1-18-5-4-16-7-11(20)12(21)8-17(16,23)13(18)6-9-2-3-10(19)15(22)14(9)16/h2-3,12-13,19,21-23H,4-8H2,1H3. The zero-order valence-electron chi connectivity index (χ0n) is 13.0. The number of likely N-dealkylation sites (tertiary alicyclic amines) is 1. The van der Waals surface area contributed by atoms with Crippen LogP contribution in [0.25, 0.3) is 0 Å². The molecule has 3 aliphatic rings. The molecule has 4 unspecified atom stereocenters. The number of carbonyl (C=O) groups excluding carboxylic acids is 1. The van der Waals surface area contributed by atoms with Crippen molar-refractivity contribution in [2.75, 3.05) is 13.6 Å². The minimum Gasteiger partial charge on any atom is -0.504 e. The summed E-state index contributed by atoms with van der Waals surface area (Å²) in [5.74, 6) is -0.793. The summed E-state index contributed by atoms with van der Waals surface area (Å²) in [4.78, 5) is 14.3. The molecule has 1 saturated carbocycles. The van der Waals surface area contributed by atoms with Gasteiger partial charge in [0.05, 0.1) is 5.60 Å². The minimum absolute atomic E-state index is 0.0149. The molecule has 1 aromatic rings. The van der Waals surface area contributed by atoms with Gasteiger partial charge in [-0.05, 0) is 38.1 Å². The van der Waals surface area contributed by atoms with Crippen LogP contribution < -0.4 is 0 Å². The number of fused-ring (bicyclic) bond motifs is 1. The number of carbonyl (C=O) groups is 1. The van der Waals surface area contributed by atoms with Gasteiger partial charge in [0.2, 0.25) is 0 Å². The van der Waals surface area contributed by atoms with Gasteiger partial charge in [0.15, 0.2) is 17.3 Å². The third-order valence-corrected chi connectivity index (χ3v) is 6.29. The van der Waals surface area contributed by atoms with E-state index in [-0.39, 0.29) is 36.2 Å². The molecule has 0 radical (unpaired) electrons. The molecule has 2 fully saturated rings. The van der Waals surface area contributed by atoms with Crippen LogP contribution in [0.3, 0.4) is 0 Å². The van der Waals surface area contributed by atoms with Crippen LogP contribution in [0.1, 0.15) is 30.4 Å². The lowest BCUT2D eigenvalue weighted by Gasteiger charge is -2.63. The first-order valence-corrected chi connectivity index (χ1v) is 7.98. The number of aliphatic hydroxyl groups excluding tert-OH is 1. The van der Waals surface area contributed by atoms with E-state index in [1.165, 1.54) is 6.07 Å². The highest BCUT2D eigenvalue weighted by Crippen LogP contribution is 2.60. The smallest absolute Gasteiger partial charge is 0.162 e. The molecule has 1 saturated heterocycles. The summed E-state index contributed by atoms with van der Waals surface area (Å²) in [6.45, 7) is 0.685. The number of phenolic OH excluding ortho intramolecular Hbond substituents is 2. The molecule has 4 N–H and O–H groups in total. The van der Waals surface area contributed by atoms with Crippen molar-refractivity contribution in [1.29, 1.82) is 0 Å². The summed E-state index contributed by atoms with van der Waals surface area (Å²) in [6, 6.07) is 2.98. The highest BCUT2D eigenvalue weighted by Gasteiger charge is 2.66. The molecular formula is C17H21NO5. The van der Waals surface area contributed by atoms with Gasteiger partial charge in [-0.3, -0.25) is 4.79 Å². The summed E-state index contributed by atoms with van der Waals surface area (Å²) in [6.07, 6.45) is -0.213. The Morgan fingerprint density at radius 1 is 1.30 bits per heavy atom. The summed E-state index contributed by atoms with van der Waals surface area (Å²) in [5, 5.41) is 42.0. The fraction of sp³-hybridized carbons (Fsp3) is 0.588. The van der Waals surface area contributed by atoms with Crippen LogP contribution in [0.5, 0.6) is 11.5 Å². The van der Waals surface area contributed by atoms with Crippen molar-refractivity contribution in [3.05, 3.63) is 23.3 Å². The van der Waals surface area contributed by atoms with E-state index < -0.39 is 17.1 Å². The van der Waals surface area contributed by atoms with E-state index in [2.05, 4.69) is 4.90 Å². The van der Waals surface area contributed by atoms with Crippen molar-refractivity contribution in [3.8, 4) is 11.5 Å². The molecule has 0 aromatic heterocycles. The number of piperidine rings is 1. The first-order valence-electron chi connectivity index (χ1n) is 7.98. The number of benzene rings is 1. The molecule has 4 atom stereocenters. The van der Waals surface area contributed by atoms with Gasteiger partial charge in [-0.2, -0.15) is 0 Å². The van der Waals surface area contributed by atoms with Crippen molar-refractivity contribution in [1.82, 2.24) is 4.90 Å². The Kier molecular flexibility index (Phi) is 2.90. The van der Waals surface area contributed by atoms with Gasteiger partial charge in [-0.1, -0.05) is 6.07 Å². The maximum atomic E-state index is 12.3. The van der Waals surface area contributed by atoms with E-state index in [9.17, 15) is 25.2 Å². The number of nitrogens with zero attached hydrogens (tertiary/aromatic N) is 1. The maximum absolute atomic E-state index is 12.3. The van der Waals surface area contributed by atoms with Crippen LogP contribution in [-0.4, -0.2) is 62.4 Å². The third-order valence-electron chi connectivity index (χ3n) is 6.29. The second-order valence-electron chi connectivity index (χ2n) is 7.29. The minimum atomic E-state index is -1.30. The van der Waals surface area contributed by atoms with Crippen molar-refractivity contribution in [2.45, 2.75) is 48.8 Å². The quantitative estimate of drug-likeness (QED) is 0.504. The van der Waals surface area contributed by atoms with Gasteiger partial charge in [0.25, 0.3) is 0 Å². The van der Waals surface area contributed by atoms with Crippen LogP contribution in [-0.2, 0) is 16.6 Å². The van der Waals surface area contributed by atoms with Gasteiger partial charge < -0.3 is 25.3 Å². The van der Waals surface area contributed by atoms with Crippen molar-refractivity contribution in [3.63, 3.8) is 0 Å². The summed E-state index contributed by atoms with van der Waals surface area (Å²) in [7, 11) is 1.93. The van der Waals surface area contributed by atoms with E-state index in [1.54, 1.807) is 6.07 Å². The number of rotatable bonds is 0. The Hall–Kier alpha value is -1.63. The zero-order valence-corrected chi connectivity index (χ0v) is 13.0. The number of Topliss-reactive ketones (excluding diaryl/α,β-unsaturated/α-hetero) is 1. The second-order valence-corrected chi connectivity index (χ2v) is 7.29. The number of phenols is 2. The highest BCUT2D eigenvalue weighted by molar-refractivity contribution is 5.87. The molecule has 124 valence electrons. The van der Waals surface area contributed by atoms with Crippen LogP contribution in [0.15, 0.2) is 12.1 Å². The lowest BCUT2D eigenvalue weighted by Crippen LogP contribution is -2.74. The maximum Gasteiger partial charge on any atom is 0.162 e. The normalized spacial score (nSPS) is 39.7. The van der Waals surface area contributed by atoms with E-state index in [0.717, 1.165) is 5.56 Å². The molecule has 2 aliphatic carbocycles. The topological polar surface area (TPSA) is 101 Å². The predicted octanol–water partition coefficient (Wildman–Crippen LogP) is 0.0507. The largest absolute Gasteiger partial charge is 0.504 e. The fourth-order valence-corrected chi connectivity index (χ4v) is 5.11. The number of ketones is 1. The fourth-order valence-electron chi connectivity index (χ4n) is 5.11. The van der Waals surface area contributed by atoms with Crippen LogP contribution >= 0.6 is 0 Å². The van der Waals surface area contributed by atoms with Gasteiger partial charge >= 0.3 is 0 Å². The number of aliphatic hydroxyl groups is 2. The van der Waals surface area contributed by atoms with Crippen molar-refractivity contribution in [2.24, 2.45) is 0 Å². The Morgan fingerprint density at radius 2 is 2.04 bits per heavy atom. The average molecular weight is 319 g/mol. The average Bonchev–Trinajstić information content (AvgIpc) is 2.48. The molecule has 6 heteroatoms. The van der Waals surface area contributed by atoms with Gasteiger partial charge in [-0.25, -0.2) is 0 Å². The molecular weight excluding hydrogens is 298 g/mol. The van der Waals surface area contributed by atoms with Crippen molar-refractivity contribution >= 4 is 5.78 Å². The molecule has 2 bridgehead atoms. The third kappa shape index (κ3) is 1.66. The summed E-state index contributed by atoms with van der Waals surface area (Å²) < 4.78 is 0. The first-order chi connectivity index (χ1) is 10.8. The molecule has 0 spiro atoms. The van der Waals surface area contributed by atoms with E-state index >= 15 is 0 Å². The molecule has 4 rings (SSSR count).